The maximum atomic E-state index is 11.9. The molecule has 0 aliphatic heterocycles. The Kier molecular flexibility index (Phi) is 4.92. The second kappa shape index (κ2) is 7.28. The lowest BCUT2D eigenvalue weighted by Crippen LogP contribution is -2.26. The van der Waals surface area contributed by atoms with Gasteiger partial charge >= 0.3 is 0 Å². The van der Waals surface area contributed by atoms with Crippen molar-refractivity contribution in [2.45, 2.75) is 25.9 Å². The number of hydrogen-bond donors (Lipinski definition) is 1. The Morgan fingerprint density at radius 3 is 3.00 bits per heavy atom. The fraction of sp³-hybridized carbons (Fsp3) is 0.312. The molecule has 1 aromatic carbocycles. The van der Waals surface area contributed by atoms with Gasteiger partial charge < -0.3 is 5.32 Å². The topological polar surface area (TPSA) is 64.7 Å². The first-order valence-corrected chi connectivity index (χ1v) is 7.95. The van der Waals surface area contributed by atoms with Gasteiger partial charge in [0.25, 0.3) is 0 Å². The predicted molar refractivity (Wildman–Crippen MR) is 89.2 cm³/mol. The summed E-state index contributed by atoms with van der Waals surface area (Å²) in [7, 11) is 0. The van der Waals surface area contributed by atoms with Gasteiger partial charge in [-0.3, -0.25) is 14.2 Å². The van der Waals surface area contributed by atoms with Gasteiger partial charge in [-0.05, 0) is 30.7 Å². The SMILES string of the molecule is O=C(CCn1ncc2cc(Cl)ccc21)NCCCn1cccn1. The fourth-order valence-corrected chi connectivity index (χ4v) is 2.61. The molecule has 3 aromatic rings. The molecule has 0 saturated carbocycles. The number of carbonyl (C=O) groups excluding carboxylic acids is 1. The Morgan fingerprint density at radius 2 is 2.17 bits per heavy atom. The highest BCUT2D eigenvalue weighted by Gasteiger charge is 2.06. The normalized spacial score (nSPS) is 11.0. The number of nitrogens with zero attached hydrogens (tertiary/aromatic N) is 4. The van der Waals surface area contributed by atoms with Crippen LogP contribution < -0.4 is 5.32 Å². The summed E-state index contributed by atoms with van der Waals surface area (Å²) in [6, 6.07) is 7.51. The van der Waals surface area contributed by atoms with Crippen molar-refractivity contribution in [2.75, 3.05) is 6.54 Å². The van der Waals surface area contributed by atoms with Crippen molar-refractivity contribution >= 4 is 28.4 Å². The second-order valence-electron chi connectivity index (χ2n) is 5.29. The number of amides is 1. The zero-order valence-corrected chi connectivity index (χ0v) is 13.4. The van der Waals surface area contributed by atoms with Gasteiger partial charge in [-0.1, -0.05) is 11.6 Å². The minimum Gasteiger partial charge on any atom is -0.356 e. The lowest BCUT2D eigenvalue weighted by Gasteiger charge is -2.06. The van der Waals surface area contributed by atoms with Crippen molar-refractivity contribution in [1.82, 2.24) is 24.9 Å². The Balaban J connectivity index is 1.43. The van der Waals surface area contributed by atoms with E-state index in [0.29, 0.717) is 24.5 Å². The third kappa shape index (κ3) is 4.10. The fourth-order valence-electron chi connectivity index (χ4n) is 2.43. The van der Waals surface area contributed by atoms with E-state index in [2.05, 4.69) is 15.5 Å². The van der Waals surface area contributed by atoms with Gasteiger partial charge in [0.2, 0.25) is 5.91 Å². The van der Waals surface area contributed by atoms with Gasteiger partial charge in [0, 0.05) is 42.3 Å². The highest BCUT2D eigenvalue weighted by molar-refractivity contribution is 6.31. The molecule has 2 heterocycles. The number of rotatable bonds is 7. The van der Waals surface area contributed by atoms with Crippen LogP contribution in [0.5, 0.6) is 0 Å². The smallest absolute Gasteiger partial charge is 0.221 e. The molecule has 7 heteroatoms. The van der Waals surface area contributed by atoms with E-state index in [1.54, 1.807) is 12.4 Å². The summed E-state index contributed by atoms with van der Waals surface area (Å²) in [5, 5.41) is 13.0. The number of aryl methyl sites for hydroxylation is 2. The van der Waals surface area contributed by atoms with Crippen LogP contribution in [0.4, 0.5) is 0 Å². The number of hydrogen-bond acceptors (Lipinski definition) is 3. The first-order chi connectivity index (χ1) is 11.2. The number of halogens is 1. The van der Waals surface area contributed by atoms with E-state index in [9.17, 15) is 4.79 Å². The molecular formula is C16H18ClN5O. The van der Waals surface area contributed by atoms with E-state index >= 15 is 0 Å². The lowest BCUT2D eigenvalue weighted by molar-refractivity contribution is -0.121. The number of benzene rings is 1. The second-order valence-corrected chi connectivity index (χ2v) is 5.73. The standard InChI is InChI=1S/C16H18ClN5O/c17-14-3-4-15-13(11-14)12-20-22(15)10-5-16(23)18-6-1-8-21-9-2-7-19-21/h2-4,7,9,11-12H,1,5-6,8,10H2,(H,18,23). The van der Waals surface area contributed by atoms with Crippen LogP contribution in [-0.4, -0.2) is 32.0 Å². The highest BCUT2D eigenvalue weighted by Crippen LogP contribution is 2.18. The van der Waals surface area contributed by atoms with Gasteiger partial charge in [-0.15, -0.1) is 0 Å². The molecule has 0 bridgehead atoms. The molecule has 1 amide bonds. The van der Waals surface area contributed by atoms with E-state index in [1.807, 2.05) is 39.8 Å². The zero-order valence-electron chi connectivity index (χ0n) is 12.7. The van der Waals surface area contributed by atoms with Crippen LogP contribution in [0.3, 0.4) is 0 Å². The highest BCUT2D eigenvalue weighted by atomic mass is 35.5. The van der Waals surface area contributed by atoms with Crippen LogP contribution in [0.2, 0.25) is 5.02 Å². The summed E-state index contributed by atoms with van der Waals surface area (Å²) in [5.41, 5.74) is 0.987. The van der Waals surface area contributed by atoms with Gasteiger partial charge in [0.05, 0.1) is 18.3 Å². The molecule has 0 radical (unpaired) electrons. The summed E-state index contributed by atoms with van der Waals surface area (Å²) in [5.74, 6) is 0.0306. The maximum absolute atomic E-state index is 11.9. The third-order valence-electron chi connectivity index (χ3n) is 3.60. The van der Waals surface area contributed by atoms with Crippen LogP contribution in [0.25, 0.3) is 10.9 Å². The molecule has 0 fully saturated rings. The number of fused-ring (bicyclic) bond motifs is 1. The number of carbonyl (C=O) groups is 1. The van der Waals surface area contributed by atoms with E-state index in [1.165, 1.54) is 0 Å². The minimum atomic E-state index is 0.0306. The largest absolute Gasteiger partial charge is 0.356 e. The lowest BCUT2D eigenvalue weighted by atomic mass is 10.2. The van der Waals surface area contributed by atoms with Crippen LogP contribution in [0, 0.1) is 0 Å². The molecule has 1 N–H and O–H groups in total. The van der Waals surface area contributed by atoms with Gasteiger partial charge in [-0.25, -0.2) is 0 Å². The van der Waals surface area contributed by atoms with Crippen LogP contribution in [0.1, 0.15) is 12.8 Å². The van der Waals surface area contributed by atoms with Gasteiger partial charge in [0.1, 0.15) is 0 Å². The van der Waals surface area contributed by atoms with E-state index in [0.717, 1.165) is 23.9 Å². The zero-order chi connectivity index (χ0) is 16.1. The van der Waals surface area contributed by atoms with Gasteiger partial charge in [0.15, 0.2) is 0 Å². The summed E-state index contributed by atoms with van der Waals surface area (Å²) >= 11 is 5.96. The van der Waals surface area contributed by atoms with E-state index < -0.39 is 0 Å². The Hall–Kier alpha value is -2.34. The monoisotopic (exact) mass is 331 g/mol. The summed E-state index contributed by atoms with van der Waals surface area (Å²) in [6.45, 7) is 2.00. The quantitative estimate of drug-likeness (QED) is 0.676. The molecule has 0 spiro atoms. The molecule has 2 aromatic heterocycles. The Labute approximate surface area is 139 Å². The average Bonchev–Trinajstić information content (AvgIpc) is 3.19. The maximum Gasteiger partial charge on any atom is 0.221 e. The first-order valence-electron chi connectivity index (χ1n) is 7.57. The van der Waals surface area contributed by atoms with Crippen LogP contribution in [-0.2, 0) is 17.9 Å². The molecule has 120 valence electrons. The Bertz CT molecular complexity index is 781. The molecule has 0 aliphatic rings. The van der Waals surface area contributed by atoms with Crippen molar-refractivity contribution in [3.8, 4) is 0 Å². The van der Waals surface area contributed by atoms with Gasteiger partial charge in [-0.2, -0.15) is 10.2 Å². The Morgan fingerprint density at radius 1 is 1.26 bits per heavy atom. The van der Waals surface area contributed by atoms with Crippen molar-refractivity contribution in [2.24, 2.45) is 0 Å². The molecule has 0 atom stereocenters. The molecule has 0 unspecified atom stereocenters. The van der Waals surface area contributed by atoms with E-state index in [4.69, 9.17) is 11.6 Å². The summed E-state index contributed by atoms with van der Waals surface area (Å²) in [6.07, 6.45) is 6.69. The average molecular weight is 332 g/mol. The number of nitrogens with one attached hydrogen (secondary N) is 1. The van der Waals surface area contributed by atoms with Crippen molar-refractivity contribution in [1.29, 1.82) is 0 Å². The minimum absolute atomic E-state index is 0.0306. The van der Waals surface area contributed by atoms with Crippen LogP contribution >= 0.6 is 11.6 Å². The molecule has 6 nitrogen and oxygen atoms in total. The summed E-state index contributed by atoms with van der Waals surface area (Å²) < 4.78 is 3.68. The van der Waals surface area contributed by atoms with Crippen molar-refractivity contribution in [3.05, 3.63) is 47.9 Å². The van der Waals surface area contributed by atoms with Crippen molar-refractivity contribution in [3.63, 3.8) is 0 Å². The molecule has 3 rings (SSSR count). The van der Waals surface area contributed by atoms with E-state index in [-0.39, 0.29) is 5.91 Å². The predicted octanol–water partition coefficient (Wildman–Crippen LogP) is 2.48. The van der Waals surface area contributed by atoms with Crippen LogP contribution in [0.15, 0.2) is 42.9 Å². The first kappa shape index (κ1) is 15.6. The molecular weight excluding hydrogens is 314 g/mol. The third-order valence-corrected chi connectivity index (χ3v) is 3.83. The molecule has 23 heavy (non-hydrogen) atoms. The molecule has 0 aliphatic carbocycles. The van der Waals surface area contributed by atoms with Crippen molar-refractivity contribution < 1.29 is 4.79 Å². The molecule has 0 saturated heterocycles. The number of aromatic nitrogens is 4. The summed E-state index contributed by atoms with van der Waals surface area (Å²) in [4.78, 5) is 11.9.